The van der Waals surface area contributed by atoms with Gasteiger partial charge in [0.2, 0.25) is 0 Å². The van der Waals surface area contributed by atoms with E-state index in [4.69, 9.17) is 0 Å². The van der Waals surface area contributed by atoms with Crippen molar-refractivity contribution in [2.75, 3.05) is 0 Å². The van der Waals surface area contributed by atoms with Gasteiger partial charge in [-0.05, 0) is 19.1 Å². The number of hydrazone groups is 1. The SMILES string of the molecule is C/C(=N\NC(=O)c1ccncc1)C(F)(F)F. The number of hydrogen-bond acceptors (Lipinski definition) is 3. The molecule has 16 heavy (non-hydrogen) atoms. The predicted molar refractivity (Wildman–Crippen MR) is 50.9 cm³/mol. The Balaban J connectivity index is 2.67. The Morgan fingerprint density at radius 3 is 2.44 bits per heavy atom. The minimum absolute atomic E-state index is 0.189. The molecule has 86 valence electrons. The molecule has 0 aliphatic carbocycles. The molecule has 4 nitrogen and oxygen atoms in total. The van der Waals surface area contributed by atoms with Gasteiger partial charge in [0.25, 0.3) is 5.91 Å². The summed E-state index contributed by atoms with van der Waals surface area (Å²) in [6.07, 6.45) is -1.82. The van der Waals surface area contributed by atoms with Crippen molar-refractivity contribution in [3.63, 3.8) is 0 Å². The van der Waals surface area contributed by atoms with Crippen LogP contribution in [0, 0.1) is 0 Å². The highest BCUT2D eigenvalue weighted by molar-refractivity contribution is 5.95. The van der Waals surface area contributed by atoms with Crippen LogP contribution in [0.15, 0.2) is 29.6 Å². The molecule has 1 N–H and O–H groups in total. The molecule has 0 saturated carbocycles. The molecule has 0 saturated heterocycles. The summed E-state index contributed by atoms with van der Waals surface area (Å²) >= 11 is 0. The molecule has 0 bridgehead atoms. The van der Waals surface area contributed by atoms with Gasteiger partial charge >= 0.3 is 6.18 Å². The molecule has 7 heteroatoms. The van der Waals surface area contributed by atoms with Crippen LogP contribution in [0.4, 0.5) is 13.2 Å². The molecule has 1 aromatic heterocycles. The Hall–Kier alpha value is -1.92. The van der Waals surface area contributed by atoms with E-state index in [0.29, 0.717) is 0 Å². The number of pyridine rings is 1. The number of nitrogens with one attached hydrogen (secondary N) is 1. The molecule has 0 fully saturated rings. The second-order valence-electron chi connectivity index (χ2n) is 2.87. The van der Waals surface area contributed by atoms with Crippen LogP contribution in [0.25, 0.3) is 0 Å². The Labute approximate surface area is 89.2 Å². The van der Waals surface area contributed by atoms with E-state index < -0.39 is 17.8 Å². The van der Waals surface area contributed by atoms with Crippen LogP contribution in [-0.4, -0.2) is 22.8 Å². The number of alkyl halides is 3. The maximum Gasteiger partial charge on any atom is 0.430 e. The number of halogens is 3. The number of hydrogen-bond donors (Lipinski definition) is 1. The Bertz CT molecular complexity index is 400. The van der Waals surface area contributed by atoms with Crippen LogP contribution in [0.3, 0.4) is 0 Å². The lowest BCUT2D eigenvalue weighted by Gasteiger charge is -2.05. The second-order valence-corrected chi connectivity index (χ2v) is 2.87. The van der Waals surface area contributed by atoms with Crippen LogP contribution in [0.2, 0.25) is 0 Å². The predicted octanol–water partition coefficient (Wildman–Crippen LogP) is 1.75. The summed E-state index contributed by atoms with van der Waals surface area (Å²) in [5.41, 5.74) is 0.879. The number of amides is 1. The van der Waals surface area contributed by atoms with Gasteiger partial charge in [0.15, 0.2) is 0 Å². The highest BCUT2D eigenvalue weighted by Crippen LogP contribution is 2.16. The van der Waals surface area contributed by atoms with E-state index in [1.165, 1.54) is 24.5 Å². The highest BCUT2D eigenvalue weighted by Gasteiger charge is 2.32. The zero-order valence-electron chi connectivity index (χ0n) is 8.25. The number of nitrogens with zero attached hydrogens (tertiary/aromatic N) is 2. The number of rotatable bonds is 2. The van der Waals surface area contributed by atoms with Gasteiger partial charge in [-0.15, -0.1) is 0 Å². The first-order chi connectivity index (χ1) is 7.41. The van der Waals surface area contributed by atoms with Crippen molar-refractivity contribution >= 4 is 11.6 Å². The Morgan fingerprint density at radius 2 is 1.94 bits per heavy atom. The zero-order valence-corrected chi connectivity index (χ0v) is 8.25. The maximum absolute atomic E-state index is 12.0. The summed E-state index contributed by atoms with van der Waals surface area (Å²) in [5, 5.41) is 2.94. The third-order valence-corrected chi connectivity index (χ3v) is 1.68. The van der Waals surface area contributed by atoms with Crippen molar-refractivity contribution in [3.05, 3.63) is 30.1 Å². The molecular formula is C9H8F3N3O. The van der Waals surface area contributed by atoms with E-state index in [1.807, 2.05) is 0 Å². The third kappa shape index (κ3) is 3.34. The molecule has 0 unspecified atom stereocenters. The first kappa shape index (κ1) is 12.2. The van der Waals surface area contributed by atoms with Crippen molar-refractivity contribution in [2.45, 2.75) is 13.1 Å². The van der Waals surface area contributed by atoms with Crippen molar-refractivity contribution in [3.8, 4) is 0 Å². The summed E-state index contributed by atoms with van der Waals surface area (Å²) in [5.74, 6) is -0.717. The standard InChI is InChI=1S/C9H8F3N3O/c1-6(9(10,11)12)14-15-8(16)7-2-4-13-5-3-7/h2-5H,1H3,(H,15,16)/b14-6+. The van der Waals surface area contributed by atoms with Crippen molar-refractivity contribution in [2.24, 2.45) is 5.10 Å². The number of aromatic nitrogens is 1. The lowest BCUT2D eigenvalue weighted by Crippen LogP contribution is -2.26. The summed E-state index contributed by atoms with van der Waals surface area (Å²) in [6, 6.07) is 2.74. The first-order valence-corrected chi connectivity index (χ1v) is 4.23. The molecule has 0 radical (unpaired) electrons. The minimum Gasteiger partial charge on any atom is -0.267 e. The van der Waals surface area contributed by atoms with Gasteiger partial charge in [-0.3, -0.25) is 9.78 Å². The number of carbonyl (C=O) groups excluding carboxylic acids is 1. The number of carbonyl (C=O) groups is 1. The molecule has 1 rings (SSSR count). The van der Waals surface area contributed by atoms with E-state index in [0.717, 1.165) is 6.92 Å². The molecule has 0 atom stereocenters. The summed E-state index contributed by atoms with van der Waals surface area (Å²) in [6.45, 7) is 0.771. The van der Waals surface area contributed by atoms with E-state index >= 15 is 0 Å². The molecule has 0 aromatic carbocycles. The van der Waals surface area contributed by atoms with Gasteiger partial charge in [-0.25, -0.2) is 5.43 Å². The second kappa shape index (κ2) is 4.73. The van der Waals surface area contributed by atoms with Crippen LogP contribution in [0.5, 0.6) is 0 Å². The normalized spacial score (nSPS) is 12.4. The first-order valence-electron chi connectivity index (χ1n) is 4.23. The third-order valence-electron chi connectivity index (χ3n) is 1.68. The summed E-state index contributed by atoms with van der Waals surface area (Å²) in [4.78, 5) is 14.9. The molecule has 0 spiro atoms. The van der Waals surface area contributed by atoms with Crippen LogP contribution in [0.1, 0.15) is 17.3 Å². The highest BCUT2D eigenvalue weighted by atomic mass is 19.4. The molecule has 0 aliphatic rings. The van der Waals surface area contributed by atoms with Gasteiger partial charge in [-0.2, -0.15) is 18.3 Å². The van der Waals surface area contributed by atoms with E-state index in [-0.39, 0.29) is 5.56 Å². The fourth-order valence-corrected chi connectivity index (χ4v) is 0.766. The maximum atomic E-state index is 12.0. The average molecular weight is 231 g/mol. The Kier molecular flexibility index (Phi) is 3.60. The van der Waals surface area contributed by atoms with Crippen LogP contribution < -0.4 is 5.43 Å². The van der Waals surface area contributed by atoms with Crippen molar-refractivity contribution in [1.82, 2.24) is 10.4 Å². The summed E-state index contributed by atoms with van der Waals surface area (Å²) < 4.78 is 36.0. The molecular weight excluding hydrogens is 223 g/mol. The topological polar surface area (TPSA) is 54.4 Å². The zero-order chi connectivity index (χ0) is 12.2. The van der Waals surface area contributed by atoms with Crippen molar-refractivity contribution in [1.29, 1.82) is 0 Å². The van der Waals surface area contributed by atoms with Gasteiger partial charge in [0.1, 0.15) is 5.71 Å². The monoisotopic (exact) mass is 231 g/mol. The average Bonchev–Trinajstić information content (AvgIpc) is 2.25. The molecule has 0 aliphatic heterocycles. The van der Waals surface area contributed by atoms with Gasteiger partial charge in [0.05, 0.1) is 0 Å². The van der Waals surface area contributed by atoms with E-state index in [1.54, 1.807) is 5.43 Å². The molecule has 1 amide bonds. The van der Waals surface area contributed by atoms with E-state index in [9.17, 15) is 18.0 Å². The smallest absolute Gasteiger partial charge is 0.267 e. The fraction of sp³-hybridized carbons (Fsp3) is 0.222. The molecule has 1 heterocycles. The van der Waals surface area contributed by atoms with E-state index in [2.05, 4.69) is 10.1 Å². The molecule has 1 aromatic rings. The minimum atomic E-state index is -4.54. The summed E-state index contributed by atoms with van der Waals surface area (Å²) in [7, 11) is 0. The van der Waals surface area contributed by atoms with Crippen molar-refractivity contribution < 1.29 is 18.0 Å². The van der Waals surface area contributed by atoms with Gasteiger partial charge in [0, 0.05) is 18.0 Å². The van der Waals surface area contributed by atoms with Gasteiger partial charge in [-0.1, -0.05) is 0 Å². The quantitative estimate of drug-likeness (QED) is 0.622. The van der Waals surface area contributed by atoms with Crippen LogP contribution >= 0.6 is 0 Å². The van der Waals surface area contributed by atoms with Gasteiger partial charge < -0.3 is 0 Å². The Morgan fingerprint density at radius 1 is 1.38 bits per heavy atom. The lowest BCUT2D eigenvalue weighted by atomic mass is 10.3. The fourth-order valence-electron chi connectivity index (χ4n) is 0.766. The largest absolute Gasteiger partial charge is 0.430 e. The van der Waals surface area contributed by atoms with Crippen LogP contribution in [-0.2, 0) is 0 Å². The lowest BCUT2D eigenvalue weighted by molar-refractivity contribution is -0.0595.